The number of urea groups is 1. The molecule has 0 radical (unpaired) electrons. The number of likely N-dealkylation sites (tertiary alicyclic amines) is 1. The second kappa shape index (κ2) is 12.6. The molecule has 3 amide bonds. The Labute approximate surface area is 222 Å². The van der Waals surface area contributed by atoms with Crippen LogP contribution in [0.3, 0.4) is 0 Å². The summed E-state index contributed by atoms with van der Waals surface area (Å²) in [6.07, 6.45) is 2.23. The molecule has 1 unspecified atom stereocenters. The van der Waals surface area contributed by atoms with Gasteiger partial charge >= 0.3 is 6.03 Å². The largest absolute Gasteiger partial charge is 0.469 e. The molecule has 0 saturated carbocycles. The monoisotopic (exact) mass is 509 g/mol. The average Bonchev–Trinajstić information content (AvgIpc) is 2.88. The Balaban J connectivity index is 1.82. The highest BCUT2D eigenvalue weighted by molar-refractivity contribution is 6.03. The summed E-state index contributed by atoms with van der Waals surface area (Å²) in [5.41, 5.74) is 2.59. The molecule has 37 heavy (non-hydrogen) atoms. The second-order valence-electron chi connectivity index (χ2n) is 10.2. The minimum absolute atomic E-state index is 0.120. The van der Waals surface area contributed by atoms with Crippen molar-refractivity contribution >= 4 is 11.9 Å². The molecule has 0 bridgehead atoms. The molecule has 1 heterocycles. The summed E-state index contributed by atoms with van der Waals surface area (Å²) >= 11 is 0. The van der Waals surface area contributed by atoms with E-state index in [4.69, 9.17) is 9.47 Å². The number of amides is 3. The third kappa shape index (κ3) is 5.99. The van der Waals surface area contributed by atoms with E-state index in [9.17, 15) is 9.59 Å². The van der Waals surface area contributed by atoms with Crippen LogP contribution in [0.4, 0.5) is 4.79 Å². The number of ether oxygens (including phenoxy) is 2. The molecule has 3 rings (SSSR count). The maximum absolute atomic E-state index is 13.5. The molecule has 1 aliphatic heterocycles. The van der Waals surface area contributed by atoms with Crippen molar-refractivity contribution in [2.45, 2.75) is 71.7 Å². The normalized spacial score (nSPS) is 18.3. The van der Waals surface area contributed by atoms with E-state index in [1.807, 2.05) is 83.4 Å². The SMILES string of the molecule is CCC[C@@H](NC(=O)N1C(=O)C(CC)(CC)C1Oc1ccc([C@@H](COC)N(C)C)cc1)c1ccc(C)cc1. The summed E-state index contributed by atoms with van der Waals surface area (Å²) < 4.78 is 11.7. The fourth-order valence-corrected chi connectivity index (χ4v) is 5.13. The fourth-order valence-electron chi connectivity index (χ4n) is 5.13. The highest BCUT2D eigenvalue weighted by Gasteiger charge is 2.63. The number of imide groups is 1. The topological polar surface area (TPSA) is 71.1 Å². The van der Waals surface area contributed by atoms with Crippen LogP contribution >= 0.6 is 0 Å². The van der Waals surface area contributed by atoms with E-state index >= 15 is 0 Å². The van der Waals surface area contributed by atoms with E-state index in [1.54, 1.807) is 7.11 Å². The van der Waals surface area contributed by atoms with E-state index in [0.29, 0.717) is 25.2 Å². The van der Waals surface area contributed by atoms with Gasteiger partial charge in [-0.05, 0) is 63.5 Å². The number of rotatable bonds is 12. The van der Waals surface area contributed by atoms with Crippen LogP contribution in [0.15, 0.2) is 48.5 Å². The molecule has 2 aromatic carbocycles. The smallest absolute Gasteiger partial charge is 0.327 e. The predicted octanol–water partition coefficient (Wildman–Crippen LogP) is 5.85. The zero-order valence-electron chi connectivity index (χ0n) is 23.4. The molecule has 1 N–H and O–H groups in total. The molecule has 7 nitrogen and oxygen atoms in total. The van der Waals surface area contributed by atoms with Crippen LogP contribution in [0.25, 0.3) is 0 Å². The van der Waals surface area contributed by atoms with Crippen LogP contribution in [-0.4, -0.2) is 55.8 Å². The van der Waals surface area contributed by atoms with Crippen molar-refractivity contribution in [3.05, 3.63) is 65.2 Å². The molecule has 3 atom stereocenters. The fraction of sp³-hybridized carbons (Fsp3) is 0.533. The number of hydrogen-bond acceptors (Lipinski definition) is 5. The van der Waals surface area contributed by atoms with E-state index in [1.165, 1.54) is 4.90 Å². The Kier molecular flexibility index (Phi) is 9.74. The lowest BCUT2D eigenvalue weighted by atomic mass is 9.72. The first-order valence-corrected chi connectivity index (χ1v) is 13.3. The van der Waals surface area contributed by atoms with Crippen LogP contribution < -0.4 is 10.1 Å². The quantitative estimate of drug-likeness (QED) is 0.364. The van der Waals surface area contributed by atoms with Crippen LogP contribution in [0.2, 0.25) is 0 Å². The number of hydrogen-bond donors (Lipinski definition) is 1. The number of nitrogens with zero attached hydrogens (tertiary/aromatic N) is 2. The van der Waals surface area contributed by atoms with Gasteiger partial charge in [0.05, 0.1) is 18.7 Å². The first-order valence-electron chi connectivity index (χ1n) is 13.3. The minimum Gasteiger partial charge on any atom is -0.469 e. The van der Waals surface area contributed by atoms with E-state index < -0.39 is 17.7 Å². The van der Waals surface area contributed by atoms with Gasteiger partial charge in [0.2, 0.25) is 5.91 Å². The predicted molar refractivity (Wildman–Crippen MR) is 146 cm³/mol. The number of carbonyl (C=O) groups is 2. The molecular formula is C30H43N3O4. The Hall–Kier alpha value is -2.90. The van der Waals surface area contributed by atoms with Crippen LogP contribution in [0.1, 0.15) is 75.2 Å². The summed E-state index contributed by atoms with van der Waals surface area (Å²) in [7, 11) is 5.73. The van der Waals surface area contributed by atoms with Gasteiger partial charge in [0.1, 0.15) is 11.2 Å². The van der Waals surface area contributed by atoms with Crippen molar-refractivity contribution < 1.29 is 19.1 Å². The zero-order chi connectivity index (χ0) is 27.2. The van der Waals surface area contributed by atoms with Gasteiger partial charge in [-0.25, -0.2) is 9.69 Å². The van der Waals surface area contributed by atoms with E-state index in [-0.39, 0.29) is 18.0 Å². The standard InChI is InChI=1S/C30H43N3O4/c1-8-11-25(22-14-12-21(4)13-15-22)31-29(35)33-27(34)30(9-2,10-3)28(33)37-24-18-16-23(17-19-24)26(20-36-7)32(5)6/h12-19,25-26,28H,8-11,20H2,1-7H3,(H,31,35)/t25-,26-,28?/m1/s1. The molecule has 7 heteroatoms. The van der Waals surface area contributed by atoms with Gasteiger partial charge in [0.25, 0.3) is 0 Å². The van der Waals surface area contributed by atoms with Crippen LogP contribution in [-0.2, 0) is 9.53 Å². The molecule has 0 spiro atoms. The first kappa shape index (κ1) is 28.7. The molecular weight excluding hydrogens is 466 g/mol. The van der Waals surface area contributed by atoms with Gasteiger partial charge in [-0.1, -0.05) is 69.2 Å². The number of benzene rings is 2. The van der Waals surface area contributed by atoms with Crippen molar-refractivity contribution in [1.82, 2.24) is 15.1 Å². The molecule has 2 aromatic rings. The average molecular weight is 510 g/mol. The lowest BCUT2D eigenvalue weighted by Gasteiger charge is -2.53. The van der Waals surface area contributed by atoms with Crippen molar-refractivity contribution in [1.29, 1.82) is 0 Å². The lowest BCUT2D eigenvalue weighted by Crippen LogP contribution is -2.73. The van der Waals surface area contributed by atoms with Crippen LogP contribution in [0, 0.1) is 12.3 Å². The summed E-state index contributed by atoms with van der Waals surface area (Å²) in [6.45, 7) is 8.67. The number of nitrogens with one attached hydrogen (secondary N) is 1. The summed E-state index contributed by atoms with van der Waals surface area (Å²) in [5, 5.41) is 3.11. The zero-order valence-corrected chi connectivity index (χ0v) is 23.4. The number of aryl methyl sites for hydroxylation is 1. The maximum atomic E-state index is 13.5. The Morgan fingerprint density at radius 2 is 1.62 bits per heavy atom. The van der Waals surface area contributed by atoms with Crippen molar-refractivity contribution in [3.8, 4) is 5.75 Å². The van der Waals surface area contributed by atoms with Gasteiger partial charge in [0.15, 0.2) is 6.23 Å². The summed E-state index contributed by atoms with van der Waals surface area (Å²) in [5.74, 6) is 0.451. The summed E-state index contributed by atoms with van der Waals surface area (Å²) in [4.78, 5) is 30.2. The van der Waals surface area contributed by atoms with Gasteiger partial charge in [-0.15, -0.1) is 0 Å². The minimum atomic E-state index is -0.720. The number of β-lactam (4-membered cyclic amide) rings is 1. The van der Waals surface area contributed by atoms with Gasteiger partial charge < -0.3 is 19.7 Å². The van der Waals surface area contributed by atoms with Crippen molar-refractivity contribution in [2.24, 2.45) is 5.41 Å². The van der Waals surface area contributed by atoms with Gasteiger partial charge in [-0.3, -0.25) is 4.79 Å². The third-order valence-corrected chi connectivity index (χ3v) is 7.65. The number of carbonyl (C=O) groups excluding carboxylic acids is 2. The molecule has 0 aromatic heterocycles. The lowest BCUT2D eigenvalue weighted by molar-refractivity contribution is -0.191. The molecule has 1 fully saturated rings. The molecule has 0 aliphatic carbocycles. The Bertz CT molecular complexity index is 1030. The number of methoxy groups -OCH3 is 1. The molecule has 1 aliphatic rings. The molecule has 1 saturated heterocycles. The van der Waals surface area contributed by atoms with Gasteiger partial charge in [-0.2, -0.15) is 0 Å². The highest BCUT2D eigenvalue weighted by Crippen LogP contribution is 2.46. The molecule has 202 valence electrons. The number of likely N-dealkylation sites (N-methyl/N-ethyl adjacent to an activating group) is 1. The first-order chi connectivity index (χ1) is 17.7. The van der Waals surface area contributed by atoms with E-state index in [2.05, 4.69) is 17.1 Å². The van der Waals surface area contributed by atoms with Crippen LogP contribution in [0.5, 0.6) is 5.75 Å². The second-order valence-corrected chi connectivity index (χ2v) is 10.2. The summed E-state index contributed by atoms with van der Waals surface area (Å²) in [6, 6.07) is 15.5. The van der Waals surface area contributed by atoms with Crippen molar-refractivity contribution in [2.75, 3.05) is 27.8 Å². The third-order valence-electron chi connectivity index (χ3n) is 7.65. The van der Waals surface area contributed by atoms with Crippen molar-refractivity contribution in [3.63, 3.8) is 0 Å². The maximum Gasteiger partial charge on any atom is 0.327 e. The van der Waals surface area contributed by atoms with Gasteiger partial charge in [0, 0.05) is 7.11 Å². The highest BCUT2D eigenvalue weighted by atomic mass is 16.5. The Morgan fingerprint density at radius 3 is 2.14 bits per heavy atom. The Morgan fingerprint density at radius 1 is 1.03 bits per heavy atom. The van der Waals surface area contributed by atoms with E-state index in [0.717, 1.165) is 29.5 Å².